The summed E-state index contributed by atoms with van der Waals surface area (Å²) in [5.41, 5.74) is 6.75. The molecule has 0 aliphatic rings. The molecule has 0 bridgehead atoms. The zero-order chi connectivity index (χ0) is 22.1. The van der Waals surface area contributed by atoms with E-state index in [0.717, 1.165) is 19.3 Å². The molecule has 3 rings (SSSR count). The summed E-state index contributed by atoms with van der Waals surface area (Å²) in [6.45, 7) is 8.64. The quantitative estimate of drug-likeness (QED) is 0.265. The first-order chi connectivity index (χ1) is 15.1. The highest BCUT2D eigenvalue weighted by molar-refractivity contribution is 5.88. The van der Waals surface area contributed by atoms with Gasteiger partial charge < -0.3 is 5.32 Å². The Morgan fingerprint density at radius 1 is 0.871 bits per heavy atom. The maximum absolute atomic E-state index is 11.3. The standard InChI is InChI=1S/C29H35NO/c1-4-7-8-10-22-12-14-26-21-27(16-15-25(26)20-22)28-17-13-23(19-24(28)5-2)11-9-18-30-29(31)6-3/h6,12-17,19-21H,3-5,7-11,18H2,1-2H3,(H,30,31). The first-order valence-corrected chi connectivity index (χ1v) is 11.7. The van der Waals surface area contributed by atoms with Gasteiger partial charge in [-0.3, -0.25) is 4.79 Å². The van der Waals surface area contributed by atoms with Crippen LogP contribution in [0.1, 0.15) is 56.2 Å². The Morgan fingerprint density at radius 2 is 1.58 bits per heavy atom. The van der Waals surface area contributed by atoms with E-state index in [0.29, 0.717) is 6.54 Å². The van der Waals surface area contributed by atoms with Crippen LogP contribution in [-0.2, 0) is 24.1 Å². The molecule has 0 fully saturated rings. The second-order valence-corrected chi connectivity index (χ2v) is 8.30. The third-order valence-corrected chi connectivity index (χ3v) is 5.96. The van der Waals surface area contributed by atoms with E-state index in [4.69, 9.17) is 0 Å². The van der Waals surface area contributed by atoms with Crippen molar-refractivity contribution in [2.75, 3.05) is 6.54 Å². The maximum Gasteiger partial charge on any atom is 0.243 e. The van der Waals surface area contributed by atoms with Gasteiger partial charge in [0.2, 0.25) is 5.91 Å². The highest BCUT2D eigenvalue weighted by Gasteiger charge is 2.07. The lowest BCUT2D eigenvalue weighted by Gasteiger charge is -2.12. The molecule has 31 heavy (non-hydrogen) atoms. The third kappa shape index (κ3) is 6.30. The van der Waals surface area contributed by atoms with E-state index < -0.39 is 0 Å². The highest BCUT2D eigenvalue weighted by Crippen LogP contribution is 2.29. The number of rotatable bonds is 11. The molecule has 0 atom stereocenters. The van der Waals surface area contributed by atoms with Gasteiger partial charge in [-0.2, -0.15) is 0 Å². The van der Waals surface area contributed by atoms with E-state index in [1.54, 1.807) is 0 Å². The smallest absolute Gasteiger partial charge is 0.243 e. The van der Waals surface area contributed by atoms with Crippen molar-refractivity contribution >= 4 is 16.7 Å². The molecule has 0 spiro atoms. The van der Waals surface area contributed by atoms with Crippen LogP contribution in [0.4, 0.5) is 0 Å². The van der Waals surface area contributed by atoms with Crippen molar-refractivity contribution in [1.82, 2.24) is 5.32 Å². The summed E-state index contributed by atoms with van der Waals surface area (Å²) in [5, 5.41) is 5.48. The predicted octanol–water partition coefficient (Wildman–Crippen LogP) is 7.04. The largest absolute Gasteiger partial charge is 0.353 e. The Kier molecular flexibility index (Phi) is 8.46. The highest BCUT2D eigenvalue weighted by atomic mass is 16.1. The summed E-state index contributed by atoms with van der Waals surface area (Å²) < 4.78 is 0. The molecule has 0 saturated heterocycles. The van der Waals surface area contributed by atoms with E-state index in [-0.39, 0.29) is 5.91 Å². The van der Waals surface area contributed by atoms with Gasteiger partial charge in [-0.25, -0.2) is 0 Å². The van der Waals surface area contributed by atoms with Crippen LogP contribution in [0.2, 0.25) is 0 Å². The second-order valence-electron chi connectivity index (χ2n) is 8.30. The Hall–Kier alpha value is -2.87. The molecule has 3 aromatic rings. The van der Waals surface area contributed by atoms with Gasteiger partial charge in [-0.15, -0.1) is 0 Å². The summed E-state index contributed by atoms with van der Waals surface area (Å²) >= 11 is 0. The average molecular weight is 414 g/mol. The number of carbonyl (C=O) groups is 1. The monoisotopic (exact) mass is 413 g/mol. The van der Waals surface area contributed by atoms with Crippen LogP contribution >= 0.6 is 0 Å². The van der Waals surface area contributed by atoms with Gasteiger partial charge in [0.1, 0.15) is 0 Å². The van der Waals surface area contributed by atoms with Crippen LogP contribution in [0.25, 0.3) is 21.9 Å². The normalized spacial score (nSPS) is 10.9. The van der Waals surface area contributed by atoms with Gasteiger partial charge >= 0.3 is 0 Å². The van der Waals surface area contributed by atoms with Gasteiger partial charge in [0.25, 0.3) is 0 Å². The first-order valence-electron chi connectivity index (χ1n) is 11.7. The lowest BCUT2D eigenvalue weighted by Crippen LogP contribution is -2.22. The minimum atomic E-state index is -0.103. The fourth-order valence-corrected chi connectivity index (χ4v) is 4.15. The van der Waals surface area contributed by atoms with Crippen molar-refractivity contribution in [3.05, 3.63) is 83.9 Å². The fourth-order valence-electron chi connectivity index (χ4n) is 4.15. The summed E-state index contributed by atoms with van der Waals surface area (Å²) in [6, 6.07) is 20.6. The van der Waals surface area contributed by atoms with Gasteiger partial charge in [0.05, 0.1) is 0 Å². The van der Waals surface area contributed by atoms with Crippen LogP contribution in [0.5, 0.6) is 0 Å². The van der Waals surface area contributed by atoms with E-state index in [9.17, 15) is 4.79 Å². The van der Waals surface area contributed by atoms with Gasteiger partial charge in [-0.05, 0) is 82.8 Å². The summed E-state index contributed by atoms with van der Waals surface area (Å²) in [7, 11) is 0. The van der Waals surface area contributed by atoms with Gasteiger partial charge in [0.15, 0.2) is 0 Å². The zero-order valence-corrected chi connectivity index (χ0v) is 19.0. The van der Waals surface area contributed by atoms with Gasteiger partial charge in [-0.1, -0.05) is 81.8 Å². The van der Waals surface area contributed by atoms with Crippen molar-refractivity contribution in [3.63, 3.8) is 0 Å². The number of hydrogen-bond acceptors (Lipinski definition) is 1. The number of nitrogens with one attached hydrogen (secondary N) is 1. The SMILES string of the molecule is C=CC(=O)NCCCc1ccc(-c2ccc3cc(CCCCC)ccc3c2)c(CC)c1. The van der Waals surface area contributed by atoms with Crippen molar-refractivity contribution in [2.45, 2.75) is 58.8 Å². The van der Waals surface area contributed by atoms with E-state index in [2.05, 4.69) is 80.3 Å². The molecule has 0 saturated carbocycles. The minimum absolute atomic E-state index is 0.103. The van der Waals surface area contributed by atoms with E-state index >= 15 is 0 Å². The molecule has 1 N–H and O–H groups in total. The summed E-state index contributed by atoms with van der Waals surface area (Å²) in [5.74, 6) is -0.103. The number of amides is 1. The molecule has 0 unspecified atom stereocenters. The molecule has 0 radical (unpaired) electrons. The van der Waals surface area contributed by atoms with Crippen LogP contribution < -0.4 is 5.32 Å². The molecular weight excluding hydrogens is 378 g/mol. The van der Waals surface area contributed by atoms with Crippen molar-refractivity contribution in [2.24, 2.45) is 0 Å². The Morgan fingerprint density at radius 3 is 2.35 bits per heavy atom. The Bertz CT molecular complexity index is 1030. The third-order valence-electron chi connectivity index (χ3n) is 5.96. The number of aryl methyl sites for hydroxylation is 3. The molecule has 2 nitrogen and oxygen atoms in total. The lowest BCUT2D eigenvalue weighted by atomic mass is 9.93. The second kappa shape index (κ2) is 11.5. The van der Waals surface area contributed by atoms with Crippen LogP contribution in [0.3, 0.4) is 0 Å². The summed E-state index contributed by atoms with van der Waals surface area (Å²) in [4.78, 5) is 11.3. The molecular formula is C29H35NO. The molecule has 162 valence electrons. The molecule has 0 aromatic heterocycles. The summed E-state index contributed by atoms with van der Waals surface area (Å²) in [6.07, 6.45) is 9.22. The molecule has 1 amide bonds. The predicted molar refractivity (Wildman–Crippen MR) is 134 cm³/mol. The fraction of sp³-hybridized carbons (Fsp3) is 0.345. The Balaban J connectivity index is 1.74. The van der Waals surface area contributed by atoms with E-state index in [1.165, 1.54) is 70.3 Å². The first kappa shape index (κ1) is 22.8. The lowest BCUT2D eigenvalue weighted by molar-refractivity contribution is -0.116. The van der Waals surface area contributed by atoms with Crippen LogP contribution in [0, 0.1) is 0 Å². The van der Waals surface area contributed by atoms with Crippen molar-refractivity contribution in [3.8, 4) is 11.1 Å². The molecule has 2 heteroatoms. The minimum Gasteiger partial charge on any atom is -0.353 e. The van der Waals surface area contributed by atoms with Crippen molar-refractivity contribution in [1.29, 1.82) is 0 Å². The number of carbonyl (C=O) groups excluding carboxylic acids is 1. The van der Waals surface area contributed by atoms with Crippen LogP contribution in [0.15, 0.2) is 67.3 Å². The van der Waals surface area contributed by atoms with Gasteiger partial charge in [0, 0.05) is 6.54 Å². The maximum atomic E-state index is 11.3. The molecule has 0 aliphatic carbocycles. The average Bonchev–Trinajstić information content (AvgIpc) is 2.81. The van der Waals surface area contributed by atoms with E-state index in [1.807, 2.05) is 0 Å². The number of hydrogen-bond donors (Lipinski definition) is 1. The topological polar surface area (TPSA) is 29.1 Å². The zero-order valence-electron chi connectivity index (χ0n) is 19.0. The van der Waals surface area contributed by atoms with Crippen LogP contribution in [-0.4, -0.2) is 12.5 Å². The Labute approximate surface area is 187 Å². The molecule has 0 heterocycles. The number of fused-ring (bicyclic) bond motifs is 1. The molecule has 3 aromatic carbocycles. The molecule has 0 aliphatic heterocycles. The number of unbranched alkanes of at least 4 members (excludes halogenated alkanes) is 2. The number of benzene rings is 3. The van der Waals surface area contributed by atoms with Crippen molar-refractivity contribution < 1.29 is 4.79 Å².